The van der Waals surface area contributed by atoms with Crippen LogP contribution in [-0.4, -0.2) is 43.9 Å². The number of hydrogen-bond acceptors (Lipinski definition) is 4. The van der Waals surface area contributed by atoms with Crippen LogP contribution in [0.1, 0.15) is 33.6 Å². The minimum Gasteiger partial charge on any atom is -0.342 e. The van der Waals surface area contributed by atoms with E-state index in [1.54, 1.807) is 18.2 Å². The summed E-state index contributed by atoms with van der Waals surface area (Å²) < 4.78 is 16.2. The maximum absolute atomic E-state index is 14.2. The molecule has 0 aliphatic carbocycles. The van der Waals surface area contributed by atoms with Gasteiger partial charge in [-0.15, -0.1) is 10.2 Å². The molecule has 1 saturated heterocycles. The molecule has 0 saturated carbocycles. The summed E-state index contributed by atoms with van der Waals surface area (Å²) in [5.74, 6) is 0.683. The topological polar surface area (TPSA) is 51.0 Å². The van der Waals surface area contributed by atoms with Gasteiger partial charge in [0, 0.05) is 19.6 Å². The van der Waals surface area contributed by atoms with E-state index in [0.29, 0.717) is 29.0 Å². The number of benzene rings is 1. The minimum atomic E-state index is -0.317. The number of nitrogens with zero attached hydrogens (tertiary/aromatic N) is 4. The summed E-state index contributed by atoms with van der Waals surface area (Å²) in [6.45, 7) is 8.44. The Labute approximate surface area is 158 Å². The maximum Gasteiger partial charge on any atom is 0.235 e. The highest BCUT2D eigenvalue weighted by atomic mass is 32.2. The molecule has 0 radical (unpaired) electrons. The maximum atomic E-state index is 14.2. The highest BCUT2D eigenvalue weighted by molar-refractivity contribution is 8.00. The number of aromatic nitrogens is 3. The van der Waals surface area contributed by atoms with Gasteiger partial charge in [-0.05, 0) is 37.8 Å². The zero-order chi connectivity index (χ0) is 18.7. The zero-order valence-corrected chi connectivity index (χ0v) is 16.3. The molecule has 0 bridgehead atoms. The van der Waals surface area contributed by atoms with E-state index in [4.69, 9.17) is 0 Å². The number of thioether (sulfide) groups is 1. The van der Waals surface area contributed by atoms with Gasteiger partial charge in [-0.2, -0.15) is 0 Å². The Morgan fingerprint density at radius 1 is 1.19 bits per heavy atom. The molecule has 2 aromatic rings. The van der Waals surface area contributed by atoms with Crippen LogP contribution in [0.3, 0.4) is 0 Å². The standard InChI is InChI=1S/C19H25FN4OS/c1-13(2)12-24-17(15-8-4-5-9-16(15)20)21-22-19(24)26-14(3)18(25)23-10-6-7-11-23/h4-5,8-9,13-14H,6-7,10-12H2,1-3H3. The predicted octanol–water partition coefficient (Wildman–Crippen LogP) is 3.84. The summed E-state index contributed by atoms with van der Waals surface area (Å²) in [6, 6.07) is 6.59. The van der Waals surface area contributed by atoms with Crippen molar-refractivity contribution in [2.75, 3.05) is 13.1 Å². The summed E-state index contributed by atoms with van der Waals surface area (Å²) in [7, 11) is 0. The first kappa shape index (κ1) is 18.9. The molecule has 7 heteroatoms. The number of likely N-dealkylation sites (tertiary alicyclic amines) is 1. The summed E-state index contributed by atoms with van der Waals surface area (Å²) in [5.41, 5.74) is 0.436. The second-order valence-corrected chi connectivity index (χ2v) is 8.39. The molecule has 1 aliphatic rings. The molecular formula is C19H25FN4OS. The summed E-state index contributed by atoms with van der Waals surface area (Å²) in [5, 5.41) is 8.94. The first-order valence-corrected chi connectivity index (χ1v) is 9.99. The van der Waals surface area contributed by atoms with Gasteiger partial charge in [0.25, 0.3) is 0 Å². The molecule has 140 valence electrons. The first-order chi connectivity index (χ1) is 12.5. The molecule has 1 aromatic heterocycles. The van der Waals surface area contributed by atoms with Gasteiger partial charge in [0.15, 0.2) is 11.0 Å². The lowest BCUT2D eigenvalue weighted by molar-refractivity contribution is -0.129. The van der Waals surface area contributed by atoms with E-state index in [0.717, 1.165) is 25.9 Å². The van der Waals surface area contributed by atoms with Crippen molar-refractivity contribution in [3.8, 4) is 11.4 Å². The van der Waals surface area contributed by atoms with Crippen molar-refractivity contribution in [2.45, 2.75) is 50.6 Å². The van der Waals surface area contributed by atoms with Gasteiger partial charge in [-0.3, -0.25) is 4.79 Å². The van der Waals surface area contributed by atoms with E-state index >= 15 is 0 Å². The molecule has 1 fully saturated rings. The van der Waals surface area contributed by atoms with Crippen molar-refractivity contribution in [3.63, 3.8) is 0 Å². The van der Waals surface area contributed by atoms with E-state index in [2.05, 4.69) is 24.0 Å². The van der Waals surface area contributed by atoms with Gasteiger partial charge in [0.1, 0.15) is 5.82 Å². The van der Waals surface area contributed by atoms with Gasteiger partial charge in [0.2, 0.25) is 5.91 Å². The number of halogens is 1. The smallest absolute Gasteiger partial charge is 0.235 e. The van der Waals surface area contributed by atoms with Crippen LogP contribution >= 0.6 is 11.8 Å². The van der Waals surface area contributed by atoms with Gasteiger partial charge >= 0.3 is 0 Å². The molecule has 1 amide bonds. The molecule has 1 atom stereocenters. The van der Waals surface area contributed by atoms with E-state index in [9.17, 15) is 9.18 Å². The van der Waals surface area contributed by atoms with Gasteiger partial charge in [0.05, 0.1) is 10.8 Å². The number of amides is 1. The normalized spacial score (nSPS) is 15.7. The third-order valence-corrected chi connectivity index (χ3v) is 5.50. The van der Waals surface area contributed by atoms with Gasteiger partial charge in [-0.1, -0.05) is 37.7 Å². The quantitative estimate of drug-likeness (QED) is 0.719. The van der Waals surface area contributed by atoms with Crippen molar-refractivity contribution in [1.82, 2.24) is 19.7 Å². The van der Waals surface area contributed by atoms with Crippen LogP contribution in [0.2, 0.25) is 0 Å². The van der Waals surface area contributed by atoms with Crippen molar-refractivity contribution in [3.05, 3.63) is 30.1 Å². The van der Waals surface area contributed by atoms with Crippen molar-refractivity contribution in [1.29, 1.82) is 0 Å². The second-order valence-electron chi connectivity index (χ2n) is 7.08. The fourth-order valence-corrected chi connectivity index (χ4v) is 4.09. The van der Waals surface area contributed by atoms with E-state index in [1.165, 1.54) is 17.8 Å². The third kappa shape index (κ3) is 4.09. The minimum absolute atomic E-state index is 0.138. The van der Waals surface area contributed by atoms with Crippen LogP contribution in [0.4, 0.5) is 4.39 Å². The van der Waals surface area contributed by atoms with Crippen LogP contribution in [0, 0.1) is 11.7 Å². The lowest BCUT2D eigenvalue weighted by Crippen LogP contribution is -2.34. The van der Waals surface area contributed by atoms with E-state index < -0.39 is 0 Å². The van der Waals surface area contributed by atoms with Crippen molar-refractivity contribution in [2.24, 2.45) is 5.92 Å². The molecule has 1 aromatic carbocycles. The number of hydrogen-bond donors (Lipinski definition) is 0. The third-order valence-electron chi connectivity index (χ3n) is 4.43. The monoisotopic (exact) mass is 376 g/mol. The Balaban J connectivity index is 1.87. The fourth-order valence-electron chi connectivity index (χ4n) is 3.15. The predicted molar refractivity (Wildman–Crippen MR) is 101 cm³/mol. The average Bonchev–Trinajstić information content (AvgIpc) is 3.25. The lowest BCUT2D eigenvalue weighted by Gasteiger charge is -2.20. The molecular weight excluding hydrogens is 351 g/mol. The van der Waals surface area contributed by atoms with Gasteiger partial charge < -0.3 is 9.47 Å². The number of carbonyl (C=O) groups excluding carboxylic acids is 1. The molecule has 3 rings (SSSR count). The highest BCUT2D eigenvalue weighted by Gasteiger charge is 2.27. The summed E-state index contributed by atoms with van der Waals surface area (Å²) in [6.07, 6.45) is 2.15. The molecule has 1 unspecified atom stereocenters. The Morgan fingerprint density at radius 2 is 1.88 bits per heavy atom. The molecule has 26 heavy (non-hydrogen) atoms. The van der Waals surface area contributed by atoms with Crippen LogP contribution < -0.4 is 0 Å². The van der Waals surface area contributed by atoms with Crippen LogP contribution in [0.5, 0.6) is 0 Å². The first-order valence-electron chi connectivity index (χ1n) is 9.11. The Morgan fingerprint density at radius 3 is 2.54 bits per heavy atom. The van der Waals surface area contributed by atoms with Crippen LogP contribution in [0.25, 0.3) is 11.4 Å². The second kappa shape index (κ2) is 8.20. The lowest BCUT2D eigenvalue weighted by atomic mass is 10.2. The Kier molecular flexibility index (Phi) is 5.96. The zero-order valence-electron chi connectivity index (χ0n) is 15.5. The number of rotatable bonds is 6. The average molecular weight is 377 g/mol. The van der Waals surface area contributed by atoms with Crippen molar-refractivity contribution >= 4 is 17.7 Å². The largest absolute Gasteiger partial charge is 0.342 e. The molecule has 1 aliphatic heterocycles. The Bertz CT molecular complexity index is 771. The summed E-state index contributed by atoms with van der Waals surface area (Å²) in [4.78, 5) is 14.5. The van der Waals surface area contributed by atoms with Crippen molar-refractivity contribution < 1.29 is 9.18 Å². The van der Waals surface area contributed by atoms with Gasteiger partial charge in [-0.25, -0.2) is 4.39 Å². The molecule has 0 spiro atoms. The van der Waals surface area contributed by atoms with E-state index in [1.807, 2.05) is 16.4 Å². The molecule has 2 heterocycles. The van der Waals surface area contributed by atoms with Crippen LogP contribution in [-0.2, 0) is 11.3 Å². The highest BCUT2D eigenvalue weighted by Crippen LogP contribution is 2.30. The van der Waals surface area contributed by atoms with Crippen LogP contribution in [0.15, 0.2) is 29.4 Å². The van der Waals surface area contributed by atoms with E-state index in [-0.39, 0.29) is 17.0 Å². The molecule has 5 nitrogen and oxygen atoms in total. The Hall–Kier alpha value is -1.89. The SMILES string of the molecule is CC(C)Cn1c(SC(C)C(=O)N2CCCC2)nnc1-c1ccccc1F. The molecule has 0 N–H and O–H groups in total. The fraction of sp³-hybridized carbons (Fsp3) is 0.526. The summed E-state index contributed by atoms with van der Waals surface area (Å²) >= 11 is 1.40. The number of carbonyl (C=O) groups is 1.